The number of ether oxygens (including phenoxy) is 2. The van der Waals surface area contributed by atoms with Gasteiger partial charge in [-0.3, -0.25) is 4.90 Å². The smallest absolute Gasteiger partial charge is 0.231 e. The highest BCUT2D eigenvalue weighted by atomic mass is 16.7. The summed E-state index contributed by atoms with van der Waals surface area (Å²) in [5.74, 6) is 2.16. The van der Waals surface area contributed by atoms with Crippen LogP contribution in [-0.2, 0) is 6.42 Å². The number of para-hydroxylation sites is 1. The summed E-state index contributed by atoms with van der Waals surface area (Å²) in [6.45, 7) is 3.60. The lowest BCUT2D eigenvalue weighted by Crippen LogP contribution is -2.32. The Bertz CT molecular complexity index is 991. The maximum absolute atomic E-state index is 5.54. The van der Waals surface area contributed by atoms with Crippen LogP contribution < -0.4 is 9.47 Å². The van der Waals surface area contributed by atoms with Crippen LogP contribution in [-0.4, -0.2) is 36.3 Å². The number of aryl methyl sites for hydroxylation is 1. The van der Waals surface area contributed by atoms with Gasteiger partial charge in [-0.2, -0.15) is 0 Å². The predicted octanol–water partition coefficient (Wildman–Crippen LogP) is 4.87. The second kappa shape index (κ2) is 7.72. The predicted molar refractivity (Wildman–Crippen MR) is 112 cm³/mol. The molecule has 0 radical (unpaired) electrons. The first-order valence-electron chi connectivity index (χ1n) is 10.2. The second-order valence-corrected chi connectivity index (χ2v) is 7.72. The average Bonchev–Trinajstić information content (AvgIpc) is 3.38. The third-order valence-corrected chi connectivity index (χ3v) is 5.86. The molecule has 0 aliphatic carbocycles. The van der Waals surface area contributed by atoms with Crippen molar-refractivity contribution in [2.24, 2.45) is 0 Å². The Labute approximate surface area is 165 Å². The van der Waals surface area contributed by atoms with Gasteiger partial charge in [0.2, 0.25) is 6.79 Å². The molecule has 3 aromatic rings. The van der Waals surface area contributed by atoms with Crippen LogP contribution in [0.4, 0.5) is 0 Å². The number of nitrogens with one attached hydrogen (secondary N) is 1. The second-order valence-electron chi connectivity index (χ2n) is 7.72. The minimum Gasteiger partial charge on any atom is -0.454 e. The third kappa shape index (κ3) is 3.52. The topological polar surface area (TPSA) is 37.5 Å². The molecule has 3 heterocycles. The minimum absolute atomic E-state index is 0.335. The zero-order valence-corrected chi connectivity index (χ0v) is 16.1. The highest BCUT2D eigenvalue weighted by Gasteiger charge is 2.20. The van der Waals surface area contributed by atoms with Gasteiger partial charge in [0, 0.05) is 36.1 Å². The number of hydrogen-bond donors (Lipinski definition) is 1. The van der Waals surface area contributed by atoms with E-state index in [9.17, 15) is 0 Å². The molecule has 5 rings (SSSR count). The van der Waals surface area contributed by atoms with Crippen molar-refractivity contribution in [2.75, 3.05) is 26.4 Å². The van der Waals surface area contributed by atoms with Crippen molar-refractivity contribution >= 4 is 10.9 Å². The SMILES string of the molecule is C1=CC(c2ccc3c(c2)OCO3)CN(CCCCc2c[nH]c3ccccc23)C1. The van der Waals surface area contributed by atoms with E-state index in [0.29, 0.717) is 12.7 Å². The lowest BCUT2D eigenvalue weighted by Gasteiger charge is -2.29. The number of rotatable bonds is 6. The molecule has 144 valence electrons. The summed E-state index contributed by atoms with van der Waals surface area (Å²) in [6, 6.07) is 14.9. The molecule has 0 amide bonds. The van der Waals surface area contributed by atoms with Crippen molar-refractivity contribution in [3.63, 3.8) is 0 Å². The summed E-state index contributed by atoms with van der Waals surface area (Å²) in [5, 5.41) is 1.37. The number of nitrogens with zero attached hydrogens (tertiary/aromatic N) is 1. The number of H-pyrrole nitrogens is 1. The minimum atomic E-state index is 0.335. The van der Waals surface area contributed by atoms with E-state index >= 15 is 0 Å². The van der Waals surface area contributed by atoms with Crippen LogP contribution in [0.15, 0.2) is 60.8 Å². The fourth-order valence-corrected chi connectivity index (χ4v) is 4.32. The van der Waals surface area contributed by atoms with Crippen molar-refractivity contribution < 1.29 is 9.47 Å². The maximum Gasteiger partial charge on any atom is 0.231 e. The number of fused-ring (bicyclic) bond motifs is 2. The Morgan fingerprint density at radius 1 is 1.04 bits per heavy atom. The van der Waals surface area contributed by atoms with Crippen molar-refractivity contribution in [1.82, 2.24) is 9.88 Å². The van der Waals surface area contributed by atoms with E-state index in [1.54, 1.807) is 0 Å². The quantitative estimate of drug-likeness (QED) is 0.494. The fraction of sp³-hybridized carbons (Fsp3) is 0.333. The molecular weight excluding hydrogens is 348 g/mol. The van der Waals surface area contributed by atoms with E-state index < -0.39 is 0 Å². The van der Waals surface area contributed by atoms with Gasteiger partial charge in [-0.25, -0.2) is 0 Å². The van der Waals surface area contributed by atoms with E-state index in [1.807, 2.05) is 6.07 Å². The molecule has 4 nitrogen and oxygen atoms in total. The number of benzene rings is 2. The van der Waals surface area contributed by atoms with Crippen LogP contribution in [0, 0.1) is 0 Å². The normalized spacial score (nSPS) is 18.8. The van der Waals surface area contributed by atoms with Crippen molar-refractivity contribution in [3.05, 3.63) is 71.9 Å². The summed E-state index contributed by atoms with van der Waals surface area (Å²) >= 11 is 0. The van der Waals surface area contributed by atoms with E-state index in [-0.39, 0.29) is 0 Å². The molecule has 0 saturated heterocycles. The van der Waals surface area contributed by atoms with Crippen LogP contribution in [0.5, 0.6) is 11.5 Å². The molecule has 0 saturated carbocycles. The zero-order chi connectivity index (χ0) is 18.8. The highest BCUT2D eigenvalue weighted by molar-refractivity contribution is 5.82. The zero-order valence-electron chi connectivity index (χ0n) is 16.1. The molecule has 1 unspecified atom stereocenters. The number of unbranched alkanes of at least 4 members (excludes halogenated alkanes) is 1. The van der Waals surface area contributed by atoms with Gasteiger partial charge in [-0.05, 0) is 55.1 Å². The highest BCUT2D eigenvalue weighted by Crippen LogP contribution is 2.35. The van der Waals surface area contributed by atoms with Crippen molar-refractivity contribution in [3.8, 4) is 11.5 Å². The van der Waals surface area contributed by atoms with Crippen LogP contribution >= 0.6 is 0 Å². The van der Waals surface area contributed by atoms with Gasteiger partial charge < -0.3 is 14.5 Å². The monoisotopic (exact) mass is 374 g/mol. The lowest BCUT2D eigenvalue weighted by molar-refractivity contribution is 0.174. The average molecular weight is 374 g/mol. The molecule has 0 fully saturated rings. The molecule has 1 atom stereocenters. The first-order chi connectivity index (χ1) is 13.9. The molecule has 2 aliphatic rings. The van der Waals surface area contributed by atoms with E-state index in [4.69, 9.17) is 9.47 Å². The lowest BCUT2D eigenvalue weighted by atomic mass is 9.95. The van der Waals surface area contributed by atoms with Crippen molar-refractivity contribution in [1.29, 1.82) is 0 Å². The van der Waals surface area contributed by atoms with Gasteiger partial charge in [0.05, 0.1) is 0 Å². The molecule has 1 aromatic heterocycles. The maximum atomic E-state index is 5.54. The first-order valence-corrected chi connectivity index (χ1v) is 10.2. The van der Waals surface area contributed by atoms with Gasteiger partial charge in [-0.1, -0.05) is 36.4 Å². The Kier molecular flexibility index (Phi) is 4.79. The summed E-state index contributed by atoms with van der Waals surface area (Å²) < 4.78 is 11.0. The summed E-state index contributed by atoms with van der Waals surface area (Å²) in [5.41, 5.74) is 3.99. The van der Waals surface area contributed by atoms with Gasteiger partial charge in [-0.15, -0.1) is 0 Å². The van der Waals surface area contributed by atoms with Crippen LogP contribution in [0.25, 0.3) is 10.9 Å². The fourth-order valence-electron chi connectivity index (χ4n) is 4.32. The van der Waals surface area contributed by atoms with Crippen LogP contribution in [0.3, 0.4) is 0 Å². The number of aromatic nitrogens is 1. The third-order valence-electron chi connectivity index (χ3n) is 5.86. The first kappa shape index (κ1) is 17.4. The summed E-state index contributed by atoms with van der Waals surface area (Å²) in [6.07, 6.45) is 10.4. The molecule has 0 bridgehead atoms. The van der Waals surface area contributed by atoms with E-state index in [2.05, 4.69) is 64.6 Å². The Morgan fingerprint density at radius 2 is 1.96 bits per heavy atom. The molecule has 0 spiro atoms. The molecule has 2 aliphatic heterocycles. The standard InChI is InChI=1S/C24H26N2O2/c1-2-9-22-21(8-1)19(15-25-22)6-3-4-12-26-13-5-7-20(16-26)18-10-11-23-24(14-18)28-17-27-23/h1-2,5,7-11,14-15,20,25H,3-4,6,12-13,16-17H2. The van der Waals surface area contributed by atoms with Gasteiger partial charge >= 0.3 is 0 Å². The van der Waals surface area contributed by atoms with E-state index in [1.165, 1.54) is 34.9 Å². The van der Waals surface area contributed by atoms with Gasteiger partial charge in [0.25, 0.3) is 0 Å². The van der Waals surface area contributed by atoms with Gasteiger partial charge in [0.15, 0.2) is 11.5 Å². The Balaban J connectivity index is 1.14. The molecule has 1 N–H and O–H groups in total. The number of hydrogen-bond acceptors (Lipinski definition) is 3. The molecule has 2 aromatic carbocycles. The van der Waals surface area contributed by atoms with Crippen LogP contribution in [0.1, 0.15) is 29.9 Å². The molecule has 28 heavy (non-hydrogen) atoms. The Hall–Kier alpha value is -2.72. The molecular formula is C24H26N2O2. The summed E-state index contributed by atoms with van der Waals surface area (Å²) in [4.78, 5) is 5.94. The summed E-state index contributed by atoms with van der Waals surface area (Å²) in [7, 11) is 0. The van der Waals surface area contributed by atoms with E-state index in [0.717, 1.165) is 37.6 Å². The Morgan fingerprint density at radius 3 is 2.96 bits per heavy atom. The van der Waals surface area contributed by atoms with Crippen LogP contribution in [0.2, 0.25) is 0 Å². The number of aromatic amines is 1. The molecule has 4 heteroatoms. The van der Waals surface area contributed by atoms with Gasteiger partial charge in [0.1, 0.15) is 0 Å². The van der Waals surface area contributed by atoms with Crippen molar-refractivity contribution in [2.45, 2.75) is 25.2 Å². The largest absolute Gasteiger partial charge is 0.454 e.